The molecule has 0 heterocycles. The predicted molar refractivity (Wildman–Crippen MR) is 79.4 cm³/mol. The minimum atomic E-state index is -0.736. The maximum absolute atomic E-state index is 11.6. The zero-order valence-corrected chi connectivity index (χ0v) is 12.4. The van der Waals surface area contributed by atoms with Crippen molar-refractivity contribution in [3.05, 3.63) is 35.4 Å². The summed E-state index contributed by atoms with van der Waals surface area (Å²) in [7, 11) is 0. The van der Waals surface area contributed by atoms with E-state index in [1.165, 1.54) is 0 Å². The molecule has 2 amide bonds. The van der Waals surface area contributed by atoms with Gasteiger partial charge in [0.2, 0.25) is 5.91 Å². The number of benzene rings is 1. The summed E-state index contributed by atoms with van der Waals surface area (Å²) in [6.45, 7) is 4.86. The molecule has 114 valence electrons. The second-order valence-electron chi connectivity index (χ2n) is 5.55. The molecular weight excluding hydrogens is 272 g/mol. The Morgan fingerprint density at radius 3 is 2.24 bits per heavy atom. The first-order chi connectivity index (χ1) is 9.71. The SMILES string of the molecule is CC(C)(C)OC(=O)/N=C(\CO)Cc1ccc(C(N)=O)cc1. The first kappa shape index (κ1) is 16.8. The van der Waals surface area contributed by atoms with E-state index in [2.05, 4.69) is 4.99 Å². The fourth-order valence-electron chi connectivity index (χ4n) is 1.57. The van der Waals surface area contributed by atoms with Crippen molar-refractivity contribution >= 4 is 17.7 Å². The highest BCUT2D eigenvalue weighted by Gasteiger charge is 2.16. The summed E-state index contributed by atoms with van der Waals surface area (Å²) < 4.78 is 5.06. The van der Waals surface area contributed by atoms with E-state index >= 15 is 0 Å². The highest BCUT2D eigenvalue weighted by atomic mass is 16.6. The average molecular weight is 292 g/mol. The van der Waals surface area contributed by atoms with Crippen LogP contribution in [-0.4, -0.2) is 35.0 Å². The van der Waals surface area contributed by atoms with Gasteiger partial charge in [0.1, 0.15) is 5.60 Å². The van der Waals surface area contributed by atoms with Crippen molar-refractivity contribution < 1.29 is 19.4 Å². The van der Waals surface area contributed by atoms with Gasteiger partial charge in [0.05, 0.1) is 12.3 Å². The zero-order valence-electron chi connectivity index (χ0n) is 12.4. The van der Waals surface area contributed by atoms with E-state index in [0.717, 1.165) is 5.56 Å². The van der Waals surface area contributed by atoms with E-state index in [9.17, 15) is 14.7 Å². The summed E-state index contributed by atoms with van der Waals surface area (Å²) in [4.78, 5) is 26.3. The third-order valence-corrected chi connectivity index (χ3v) is 2.47. The van der Waals surface area contributed by atoms with E-state index in [1.807, 2.05) is 0 Å². The zero-order chi connectivity index (χ0) is 16.0. The number of aliphatic hydroxyl groups is 1. The van der Waals surface area contributed by atoms with Crippen LogP contribution in [0.2, 0.25) is 0 Å². The Morgan fingerprint density at radius 1 is 1.24 bits per heavy atom. The third-order valence-electron chi connectivity index (χ3n) is 2.47. The smallest absolute Gasteiger partial charge is 0.434 e. The molecule has 0 aliphatic carbocycles. The van der Waals surface area contributed by atoms with Gasteiger partial charge in [-0.2, -0.15) is 4.99 Å². The Labute approximate surface area is 123 Å². The number of nitrogens with zero attached hydrogens (tertiary/aromatic N) is 1. The van der Waals surface area contributed by atoms with Gasteiger partial charge in [-0.05, 0) is 38.5 Å². The number of carbonyl (C=O) groups excluding carboxylic acids is 2. The molecule has 0 aliphatic heterocycles. The third kappa shape index (κ3) is 6.18. The molecule has 0 atom stereocenters. The Bertz CT molecular complexity index is 542. The molecule has 1 aromatic rings. The minimum absolute atomic E-state index is 0.286. The molecule has 1 aromatic carbocycles. The van der Waals surface area contributed by atoms with Crippen LogP contribution in [0.1, 0.15) is 36.7 Å². The standard InChI is InChI=1S/C15H20N2O4/c1-15(2,3)21-14(20)17-12(9-18)8-10-4-6-11(7-5-10)13(16)19/h4-7,18H,8-9H2,1-3H3,(H2,16,19)/b17-12-. The summed E-state index contributed by atoms with van der Waals surface area (Å²) in [6, 6.07) is 6.56. The lowest BCUT2D eigenvalue weighted by Crippen LogP contribution is -2.23. The molecule has 0 aliphatic rings. The molecular formula is C15H20N2O4. The highest BCUT2D eigenvalue weighted by Crippen LogP contribution is 2.09. The molecule has 0 radical (unpaired) electrons. The highest BCUT2D eigenvalue weighted by molar-refractivity contribution is 5.96. The Morgan fingerprint density at radius 2 is 1.81 bits per heavy atom. The number of carbonyl (C=O) groups is 2. The van der Waals surface area contributed by atoms with E-state index < -0.39 is 17.6 Å². The lowest BCUT2D eigenvalue weighted by Gasteiger charge is -2.17. The van der Waals surface area contributed by atoms with Gasteiger partial charge in [-0.3, -0.25) is 4.79 Å². The lowest BCUT2D eigenvalue weighted by atomic mass is 10.1. The number of hydrogen-bond donors (Lipinski definition) is 2. The maximum Gasteiger partial charge on any atom is 0.434 e. The molecule has 0 aromatic heterocycles. The normalized spacial score (nSPS) is 12.1. The summed E-state index contributed by atoms with van der Waals surface area (Å²) in [5.74, 6) is -0.508. The Hall–Kier alpha value is -2.21. The van der Waals surface area contributed by atoms with Gasteiger partial charge in [-0.1, -0.05) is 12.1 Å². The van der Waals surface area contributed by atoms with Crippen molar-refractivity contribution in [2.75, 3.05) is 6.61 Å². The summed E-state index contributed by atoms with van der Waals surface area (Å²) in [6.07, 6.45) is -0.449. The molecule has 0 saturated carbocycles. The van der Waals surface area contributed by atoms with Gasteiger partial charge in [-0.25, -0.2) is 4.79 Å². The van der Waals surface area contributed by atoms with Crippen LogP contribution in [0.15, 0.2) is 29.3 Å². The largest absolute Gasteiger partial charge is 0.442 e. The molecule has 21 heavy (non-hydrogen) atoms. The van der Waals surface area contributed by atoms with Crippen LogP contribution in [0.4, 0.5) is 4.79 Å². The number of ether oxygens (including phenoxy) is 1. The van der Waals surface area contributed by atoms with Crippen LogP contribution < -0.4 is 5.73 Å². The van der Waals surface area contributed by atoms with E-state index in [-0.39, 0.29) is 18.7 Å². The van der Waals surface area contributed by atoms with E-state index in [0.29, 0.717) is 5.56 Å². The maximum atomic E-state index is 11.6. The molecule has 6 nitrogen and oxygen atoms in total. The van der Waals surface area contributed by atoms with Crippen molar-refractivity contribution in [2.24, 2.45) is 10.7 Å². The predicted octanol–water partition coefficient (Wildman–Crippen LogP) is 1.70. The van der Waals surface area contributed by atoms with Crippen molar-refractivity contribution in [3.8, 4) is 0 Å². The summed E-state index contributed by atoms with van der Waals surface area (Å²) >= 11 is 0. The van der Waals surface area contributed by atoms with E-state index in [4.69, 9.17) is 10.5 Å². The molecule has 0 fully saturated rings. The molecule has 0 unspecified atom stereocenters. The monoisotopic (exact) mass is 292 g/mol. The first-order valence-electron chi connectivity index (χ1n) is 6.50. The molecule has 6 heteroatoms. The van der Waals surface area contributed by atoms with Gasteiger partial charge < -0.3 is 15.6 Å². The second kappa shape index (κ2) is 6.99. The minimum Gasteiger partial charge on any atom is -0.442 e. The van der Waals surface area contributed by atoms with Crippen LogP contribution >= 0.6 is 0 Å². The number of aliphatic hydroxyl groups excluding tert-OH is 1. The fourth-order valence-corrected chi connectivity index (χ4v) is 1.57. The second-order valence-corrected chi connectivity index (χ2v) is 5.55. The molecule has 3 N–H and O–H groups in total. The first-order valence-corrected chi connectivity index (χ1v) is 6.50. The Balaban J connectivity index is 2.77. The molecule has 0 bridgehead atoms. The van der Waals surface area contributed by atoms with Crippen LogP contribution in [0.5, 0.6) is 0 Å². The lowest BCUT2D eigenvalue weighted by molar-refractivity contribution is 0.0602. The number of hydrogen-bond acceptors (Lipinski definition) is 4. The number of aliphatic imine (C=N–C) groups is 1. The van der Waals surface area contributed by atoms with Crippen LogP contribution in [-0.2, 0) is 11.2 Å². The van der Waals surface area contributed by atoms with Gasteiger partial charge >= 0.3 is 6.09 Å². The van der Waals surface area contributed by atoms with Crippen molar-refractivity contribution in [2.45, 2.75) is 32.8 Å². The topological polar surface area (TPSA) is 102 Å². The van der Waals surface area contributed by atoms with Gasteiger partial charge in [0.15, 0.2) is 0 Å². The average Bonchev–Trinajstić information content (AvgIpc) is 2.36. The van der Waals surface area contributed by atoms with Crippen molar-refractivity contribution in [1.29, 1.82) is 0 Å². The number of amides is 2. The quantitative estimate of drug-likeness (QED) is 0.824. The van der Waals surface area contributed by atoms with Gasteiger partial charge in [-0.15, -0.1) is 0 Å². The molecule has 0 saturated heterocycles. The summed E-state index contributed by atoms with van der Waals surface area (Å²) in [5.41, 5.74) is 6.00. The Kier molecular flexibility index (Phi) is 5.60. The number of rotatable bonds is 4. The fraction of sp³-hybridized carbons (Fsp3) is 0.400. The molecule has 0 spiro atoms. The van der Waals surface area contributed by atoms with Crippen molar-refractivity contribution in [3.63, 3.8) is 0 Å². The van der Waals surface area contributed by atoms with E-state index in [1.54, 1.807) is 45.0 Å². The summed E-state index contributed by atoms with van der Waals surface area (Å²) in [5, 5.41) is 9.26. The van der Waals surface area contributed by atoms with Gasteiger partial charge in [0.25, 0.3) is 0 Å². The van der Waals surface area contributed by atoms with Crippen LogP contribution in [0, 0.1) is 0 Å². The van der Waals surface area contributed by atoms with Gasteiger partial charge in [0, 0.05) is 12.0 Å². The van der Waals surface area contributed by atoms with Crippen molar-refractivity contribution in [1.82, 2.24) is 0 Å². The number of primary amides is 1. The molecule has 1 rings (SSSR count). The van der Waals surface area contributed by atoms with Crippen LogP contribution in [0.25, 0.3) is 0 Å². The van der Waals surface area contributed by atoms with Crippen LogP contribution in [0.3, 0.4) is 0 Å². The number of nitrogens with two attached hydrogens (primary N) is 1.